The van der Waals surface area contributed by atoms with Crippen LogP contribution in [0.15, 0.2) is 6.20 Å². The van der Waals surface area contributed by atoms with Crippen LogP contribution in [-0.4, -0.2) is 29.0 Å². The van der Waals surface area contributed by atoms with Crippen LogP contribution in [0, 0.1) is 6.92 Å². The highest BCUT2D eigenvalue weighted by Crippen LogP contribution is 2.19. The maximum Gasteiger partial charge on any atom is 0.214 e. The Kier molecular flexibility index (Phi) is 2.72. The number of aromatic nitrogens is 2. The number of nitrogens with zero attached hydrogens (tertiary/aromatic N) is 2. The molecule has 0 aromatic carbocycles. The molecule has 1 aliphatic heterocycles. The van der Waals surface area contributed by atoms with Gasteiger partial charge in [-0.1, -0.05) is 0 Å². The lowest BCUT2D eigenvalue weighted by atomic mass is 10.1. The summed E-state index contributed by atoms with van der Waals surface area (Å²) in [5.74, 6) is 0.902. The maximum atomic E-state index is 5.89. The predicted octanol–water partition coefficient (Wildman–Crippen LogP) is 0.859. The van der Waals surface area contributed by atoms with Crippen molar-refractivity contribution in [1.29, 1.82) is 0 Å². The second kappa shape index (κ2) is 4.00. The fraction of sp³-hybridized carbons (Fsp3) is 0.700. The van der Waals surface area contributed by atoms with E-state index in [9.17, 15) is 0 Å². The van der Waals surface area contributed by atoms with Gasteiger partial charge < -0.3 is 10.1 Å². The van der Waals surface area contributed by atoms with Gasteiger partial charge in [0.15, 0.2) is 0 Å². The van der Waals surface area contributed by atoms with Crippen LogP contribution in [0.1, 0.15) is 18.4 Å². The van der Waals surface area contributed by atoms with Crippen molar-refractivity contribution in [3.05, 3.63) is 11.8 Å². The highest BCUT2D eigenvalue weighted by molar-refractivity contribution is 5.22. The van der Waals surface area contributed by atoms with Gasteiger partial charge in [0.25, 0.3) is 0 Å². The van der Waals surface area contributed by atoms with Crippen molar-refractivity contribution in [3.63, 3.8) is 0 Å². The van der Waals surface area contributed by atoms with Crippen molar-refractivity contribution in [2.45, 2.75) is 25.9 Å². The molecule has 1 aromatic heterocycles. The first-order valence-electron chi connectivity index (χ1n) is 5.13. The fourth-order valence-electron chi connectivity index (χ4n) is 1.78. The summed E-state index contributed by atoms with van der Waals surface area (Å²) in [4.78, 5) is 0. The van der Waals surface area contributed by atoms with Crippen LogP contribution >= 0.6 is 0 Å². The van der Waals surface area contributed by atoms with Gasteiger partial charge in [0.2, 0.25) is 5.88 Å². The third kappa shape index (κ3) is 1.90. The molecule has 2 heterocycles. The van der Waals surface area contributed by atoms with Crippen molar-refractivity contribution in [2.24, 2.45) is 7.05 Å². The van der Waals surface area contributed by atoms with Gasteiger partial charge in [-0.3, -0.25) is 0 Å². The molecule has 0 saturated carbocycles. The smallest absolute Gasteiger partial charge is 0.214 e. The van der Waals surface area contributed by atoms with E-state index in [1.807, 2.05) is 20.2 Å². The van der Waals surface area contributed by atoms with E-state index >= 15 is 0 Å². The summed E-state index contributed by atoms with van der Waals surface area (Å²) in [6.07, 6.45) is 4.47. The van der Waals surface area contributed by atoms with Gasteiger partial charge in [0.05, 0.1) is 6.20 Å². The lowest BCUT2D eigenvalue weighted by molar-refractivity contribution is 0.152. The van der Waals surface area contributed by atoms with E-state index < -0.39 is 0 Å². The molecule has 78 valence electrons. The monoisotopic (exact) mass is 195 g/mol. The molecule has 1 saturated heterocycles. The van der Waals surface area contributed by atoms with E-state index in [2.05, 4.69) is 10.4 Å². The molecule has 0 bridgehead atoms. The molecular weight excluding hydrogens is 178 g/mol. The fourth-order valence-corrected chi connectivity index (χ4v) is 1.78. The van der Waals surface area contributed by atoms with E-state index in [0.717, 1.165) is 31.0 Å². The van der Waals surface area contributed by atoms with Crippen LogP contribution in [0.5, 0.6) is 5.88 Å². The summed E-state index contributed by atoms with van der Waals surface area (Å²) < 4.78 is 7.69. The summed E-state index contributed by atoms with van der Waals surface area (Å²) in [5, 5.41) is 7.48. The first-order valence-corrected chi connectivity index (χ1v) is 5.13. The Hall–Kier alpha value is -1.03. The summed E-state index contributed by atoms with van der Waals surface area (Å²) in [7, 11) is 1.92. The zero-order chi connectivity index (χ0) is 9.97. The average molecular weight is 195 g/mol. The molecule has 0 radical (unpaired) electrons. The lowest BCUT2D eigenvalue weighted by Crippen LogP contribution is -2.37. The minimum Gasteiger partial charge on any atom is -0.473 e. The van der Waals surface area contributed by atoms with Gasteiger partial charge in [0.1, 0.15) is 6.10 Å². The molecule has 14 heavy (non-hydrogen) atoms. The third-order valence-electron chi connectivity index (χ3n) is 2.59. The molecule has 1 aliphatic rings. The van der Waals surface area contributed by atoms with Gasteiger partial charge in [-0.2, -0.15) is 5.10 Å². The molecule has 1 N–H and O–H groups in total. The Morgan fingerprint density at radius 1 is 1.64 bits per heavy atom. The quantitative estimate of drug-likeness (QED) is 0.760. The Labute approximate surface area is 84.3 Å². The standard InChI is InChI=1S/C10H17N3O/c1-8-6-12-13(2)10(8)14-9-4-3-5-11-7-9/h6,9,11H,3-5,7H2,1-2H3. The van der Waals surface area contributed by atoms with Crippen molar-refractivity contribution >= 4 is 0 Å². The number of piperidine rings is 1. The van der Waals surface area contributed by atoms with Crippen molar-refractivity contribution in [1.82, 2.24) is 15.1 Å². The normalized spacial score (nSPS) is 22.3. The molecule has 4 heteroatoms. The number of rotatable bonds is 2. The Balaban J connectivity index is 2.02. The second-order valence-electron chi connectivity index (χ2n) is 3.84. The van der Waals surface area contributed by atoms with Gasteiger partial charge in [-0.25, -0.2) is 4.68 Å². The molecule has 0 aliphatic carbocycles. The van der Waals surface area contributed by atoms with E-state index in [4.69, 9.17) is 4.74 Å². The highest BCUT2D eigenvalue weighted by Gasteiger charge is 2.17. The number of aryl methyl sites for hydroxylation is 2. The largest absolute Gasteiger partial charge is 0.473 e. The maximum absolute atomic E-state index is 5.89. The first-order chi connectivity index (χ1) is 6.77. The zero-order valence-electron chi connectivity index (χ0n) is 8.79. The van der Waals surface area contributed by atoms with Crippen LogP contribution in [0.25, 0.3) is 0 Å². The van der Waals surface area contributed by atoms with E-state index in [-0.39, 0.29) is 0 Å². The van der Waals surface area contributed by atoms with E-state index in [1.165, 1.54) is 6.42 Å². The molecule has 1 fully saturated rings. The molecule has 2 rings (SSSR count). The number of ether oxygens (including phenoxy) is 1. The number of nitrogens with one attached hydrogen (secondary N) is 1. The average Bonchev–Trinajstić information content (AvgIpc) is 2.51. The van der Waals surface area contributed by atoms with Crippen molar-refractivity contribution in [2.75, 3.05) is 13.1 Å². The van der Waals surface area contributed by atoms with Crippen LogP contribution in [0.3, 0.4) is 0 Å². The summed E-state index contributed by atoms with van der Waals surface area (Å²) in [6.45, 7) is 4.09. The molecule has 1 aromatic rings. The minimum absolute atomic E-state index is 0.304. The van der Waals surface area contributed by atoms with Gasteiger partial charge in [-0.05, 0) is 26.3 Å². The van der Waals surface area contributed by atoms with Gasteiger partial charge in [-0.15, -0.1) is 0 Å². The predicted molar refractivity (Wildman–Crippen MR) is 54.5 cm³/mol. The SMILES string of the molecule is Cc1cnn(C)c1OC1CCCNC1. The number of hydrogen-bond donors (Lipinski definition) is 1. The van der Waals surface area contributed by atoms with Crippen LogP contribution < -0.4 is 10.1 Å². The van der Waals surface area contributed by atoms with E-state index in [0.29, 0.717) is 6.10 Å². The third-order valence-corrected chi connectivity index (χ3v) is 2.59. The molecular formula is C10H17N3O. The lowest BCUT2D eigenvalue weighted by Gasteiger charge is -2.24. The first kappa shape index (κ1) is 9.52. The zero-order valence-corrected chi connectivity index (χ0v) is 8.79. The molecule has 0 amide bonds. The van der Waals surface area contributed by atoms with Gasteiger partial charge in [0, 0.05) is 19.2 Å². The number of hydrogen-bond acceptors (Lipinski definition) is 3. The highest BCUT2D eigenvalue weighted by atomic mass is 16.5. The minimum atomic E-state index is 0.304. The van der Waals surface area contributed by atoms with Crippen LogP contribution in [-0.2, 0) is 7.05 Å². The second-order valence-corrected chi connectivity index (χ2v) is 3.84. The van der Waals surface area contributed by atoms with Crippen LogP contribution in [0.2, 0.25) is 0 Å². The summed E-state index contributed by atoms with van der Waals surface area (Å²) >= 11 is 0. The molecule has 1 atom stereocenters. The van der Waals surface area contributed by atoms with Gasteiger partial charge >= 0.3 is 0 Å². The molecule has 1 unspecified atom stereocenters. The molecule has 0 spiro atoms. The summed E-state index contributed by atoms with van der Waals surface area (Å²) in [6, 6.07) is 0. The van der Waals surface area contributed by atoms with E-state index in [1.54, 1.807) is 4.68 Å². The van der Waals surface area contributed by atoms with Crippen molar-refractivity contribution < 1.29 is 4.74 Å². The summed E-state index contributed by atoms with van der Waals surface area (Å²) in [5.41, 5.74) is 1.11. The Bertz CT molecular complexity index is 283. The Morgan fingerprint density at radius 2 is 2.50 bits per heavy atom. The molecule has 4 nitrogen and oxygen atoms in total. The Morgan fingerprint density at radius 3 is 3.07 bits per heavy atom. The van der Waals surface area contributed by atoms with Crippen LogP contribution in [0.4, 0.5) is 0 Å². The topological polar surface area (TPSA) is 39.1 Å². The van der Waals surface area contributed by atoms with Crippen molar-refractivity contribution in [3.8, 4) is 5.88 Å².